The molecule has 0 amide bonds. The van der Waals surface area contributed by atoms with Crippen LogP contribution in [0.5, 0.6) is 0 Å². The number of hydrogen-bond donors (Lipinski definition) is 0. The summed E-state index contributed by atoms with van der Waals surface area (Å²) in [4.78, 5) is 11.0. The van der Waals surface area contributed by atoms with Crippen molar-refractivity contribution in [3.8, 4) is 0 Å². The largest absolute Gasteiger partial charge is 0.466 e. The van der Waals surface area contributed by atoms with E-state index in [1.165, 1.54) is 0 Å². The van der Waals surface area contributed by atoms with Crippen molar-refractivity contribution in [1.82, 2.24) is 0 Å². The molecule has 1 atom stereocenters. The molecule has 0 aromatic rings. The maximum atomic E-state index is 11.0. The summed E-state index contributed by atoms with van der Waals surface area (Å²) in [6.07, 6.45) is 1.18. The summed E-state index contributed by atoms with van der Waals surface area (Å²) in [6, 6.07) is 0. The van der Waals surface area contributed by atoms with Crippen molar-refractivity contribution in [3.05, 3.63) is 0 Å². The molecule has 13 heavy (non-hydrogen) atoms. The van der Waals surface area contributed by atoms with Gasteiger partial charge in [-0.15, -0.1) is 0 Å². The Kier molecular flexibility index (Phi) is 4.78. The van der Waals surface area contributed by atoms with Crippen LogP contribution in [-0.4, -0.2) is 38.5 Å². The fourth-order valence-electron chi connectivity index (χ4n) is 1.22. The van der Waals surface area contributed by atoms with E-state index in [2.05, 4.69) is 0 Å². The van der Waals surface area contributed by atoms with Gasteiger partial charge in [0, 0.05) is 6.42 Å². The number of ether oxygens (including phenoxy) is 3. The quantitative estimate of drug-likeness (QED) is 0.610. The molecule has 1 saturated heterocycles. The van der Waals surface area contributed by atoms with Crippen LogP contribution in [0.1, 0.15) is 19.8 Å². The summed E-state index contributed by atoms with van der Waals surface area (Å²) in [5, 5.41) is 0. The highest BCUT2D eigenvalue weighted by molar-refractivity contribution is 5.69. The van der Waals surface area contributed by atoms with Gasteiger partial charge < -0.3 is 14.2 Å². The van der Waals surface area contributed by atoms with E-state index in [4.69, 9.17) is 14.2 Å². The Labute approximate surface area is 78.2 Å². The number of carbonyl (C=O) groups is 1. The molecule has 4 heteroatoms. The number of carbonyl (C=O) groups excluding carboxylic acids is 1. The molecule has 0 aromatic carbocycles. The zero-order valence-corrected chi connectivity index (χ0v) is 7.95. The van der Waals surface area contributed by atoms with Crippen LogP contribution < -0.4 is 0 Å². The van der Waals surface area contributed by atoms with E-state index in [1.54, 1.807) is 6.92 Å². The summed E-state index contributed by atoms with van der Waals surface area (Å²) in [7, 11) is 0. The normalized spacial score (nSPS) is 22.7. The molecule has 0 spiro atoms. The van der Waals surface area contributed by atoms with Gasteiger partial charge in [0.15, 0.2) is 0 Å². The first-order chi connectivity index (χ1) is 6.33. The van der Waals surface area contributed by atoms with Crippen molar-refractivity contribution in [2.24, 2.45) is 0 Å². The fourth-order valence-corrected chi connectivity index (χ4v) is 1.22. The van der Waals surface area contributed by atoms with Crippen molar-refractivity contribution < 1.29 is 19.0 Å². The minimum Gasteiger partial charge on any atom is -0.466 e. The molecular weight excluding hydrogens is 172 g/mol. The van der Waals surface area contributed by atoms with Gasteiger partial charge in [-0.25, -0.2) is 0 Å². The first-order valence-electron chi connectivity index (χ1n) is 4.68. The highest BCUT2D eigenvalue weighted by Gasteiger charge is 2.15. The first-order valence-corrected chi connectivity index (χ1v) is 4.68. The van der Waals surface area contributed by atoms with Gasteiger partial charge in [0.05, 0.1) is 32.5 Å². The SMILES string of the molecule is CCOC(=O)CC[C@H]1COCCO1. The lowest BCUT2D eigenvalue weighted by Gasteiger charge is -2.22. The van der Waals surface area contributed by atoms with Gasteiger partial charge in [-0.05, 0) is 13.3 Å². The van der Waals surface area contributed by atoms with Crippen molar-refractivity contribution >= 4 is 5.97 Å². The third kappa shape index (κ3) is 4.24. The van der Waals surface area contributed by atoms with Crippen molar-refractivity contribution in [1.29, 1.82) is 0 Å². The van der Waals surface area contributed by atoms with Gasteiger partial charge in [0.2, 0.25) is 0 Å². The summed E-state index contributed by atoms with van der Waals surface area (Å²) in [5.74, 6) is -0.156. The first kappa shape index (κ1) is 10.5. The van der Waals surface area contributed by atoms with E-state index in [0.717, 1.165) is 0 Å². The number of rotatable bonds is 4. The predicted octanol–water partition coefficient (Wildman–Crippen LogP) is 0.745. The standard InChI is InChI=1S/C9H16O4/c1-2-12-9(10)4-3-8-7-11-5-6-13-8/h8H,2-7H2,1H3/t8-/m0/s1. The van der Waals surface area contributed by atoms with Gasteiger partial charge in [0.25, 0.3) is 0 Å². The Morgan fingerprint density at radius 3 is 3.00 bits per heavy atom. The predicted molar refractivity (Wildman–Crippen MR) is 46.4 cm³/mol. The molecule has 1 fully saturated rings. The lowest BCUT2D eigenvalue weighted by atomic mass is 10.2. The third-order valence-corrected chi connectivity index (χ3v) is 1.86. The zero-order chi connectivity index (χ0) is 9.52. The molecule has 1 aliphatic heterocycles. The monoisotopic (exact) mass is 188 g/mol. The summed E-state index contributed by atoms with van der Waals surface area (Å²) in [6.45, 7) is 4.14. The van der Waals surface area contributed by atoms with Crippen LogP contribution in [-0.2, 0) is 19.0 Å². The lowest BCUT2D eigenvalue weighted by molar-refractivity contribution is -0.145. The summed E-state index contributed by atoms with van der Waals surface area (Å²) in [5.41, 5.74) is 0. The Hall–Kier alpha value is -0.610. The molecule has 1 rings (SSSR count). The second-order valence-corrected chi connectivity index (χ2v) is 2.91. The smallest absolute Gasteiger partial charge is 0.305 e. The van der Waals surface area contributed by atoms with Crippen LogP contribution in [0.3, 0.4) is 0 Å². The van der Waals surface area contributed by atoms with E-state index in [9.17, 15) is 4.79 Å². The Morgan fingerprint density at radius 2 is 2.38 bits per heavy atom. The second kappa shape index (κ2) is 5.94. The fraction of sp³-hybridized carbons (Fsp3) is 0.889. The van der Waals surface area contributed by atoms with Crippen LogP contribution in [0, 0.1) is 0 Å². The van der Waals surface area contributed by atoms with Gasteiger partial charge in [-0.3, -0.25) is 4.79 Å². The van der Waals surface area contributed by atoms with Gasteiger partial charge in [-0.1, -0.05) is 0 Å². The molecule has 4 nitrogen and oxygen atoms in total. The van der Waals surface area contributed by atoms with Crippen LogP contribution in [0.15, 0.2) is 0 Å². The summed E-state index contributed by atoms with van der Waals surface area (Å²) < 4.78 is 15.4. The van der Waals surface area contributed by atoms with E-state index < -0.39 is 0 Å². The number of esters is 1. The molecule has 0 aromatic heterocycles. The molecule has 0 radical (unpaired) electrons. The molecule has 0 bridgehead atoms. The molecular formula is C9H16O4. The highest BCUT2D eigenvalue weighted by atomic mass is 16.6. The minimum absolute atomic E-state index is 0.0677. The molecule has 0 aliphatic carbocycles. The number of hydrogen-bond acceptors (Lipinski definition) is 4. The van der Waals surface area contributed by atoms with Crippen molar-refractivity contribution in [3.63, 3.8) is 0 Å². The minimum atomic E-state index is -0.156. The maximum Gasteiger partial charge on any atom is 0.305 e. The molecule has 0 N–H and O–H groups in total. The van der Waals surface area contributed by atoms with Crippen LogP contribution in [0.25, 0.3) is 0 Å². The van der Waals surface area contributed by atoms with Gasteiger partial charge in [-0.2, -0.15) is 0 Å². The van der Waals surface area contributed by atoms with Crippen LogP contribution in [0.4, 0.5) is 0 Å². The summed E-state index contributed by atoms with van der Waals surface area (Å²) >= 11 is 0. The zero-order valence-electron chi connectivity index (χ0n) is 7.95. The van der Waals surface area contributed by atoms with Gasteiger partial charge in [0.1, 0.15) is 0 Å². The molecule has 0 unspecified atom stereocenters. The topological polar surface area (TPSA) is 44.8 Å². The highest BCUT2D eigenvalue weighted by Crippen LogP contribution is 2.08. The average molecular weight is 188 g/mol. The molecule has 0 saturated carbocycles. The van der Waals surface area contributed by atoms with E-state index in [0.29, 0.717) is 39.3 Å². The second-order valence-electron chi connectivity index (χ2n) is 2.91. The van der Waals surface area contributed by atoms with Crippen molar-refractivity contribution in [2.45, 2.75) is 25.9 Å². The maximum absolute atomic E-state index is 11.0. The Morgan fingerprint density at radius 1 is 1.54 bits per heavy atom. The molecule has 1 heterocycles. The van der Waals surface area contributed by atoms with E-state index >= 15 is 0 Å². The van der Waals surface area contributed by atoms with Crippen LogP contribution in [0.2, 0.25) is 0 Å². The van der Waals surface area contributed by atoms with E-state index in [1.807, 2.05) is 0 Å². The Balaban J connectivity index is 2.06. The van der Waals surface area contributed by atoms with Crippen LogP contribution >= 0.6 is 0 Å². The van der Waals surface area contributed by atoms with E-state index in [-0.39, 0.29) is 12.1 Å². The average Bonchev–Trinajstić information content (AvgIpc) is 2.17. The lowest BCUT2D eigenvalue weighted by Crippen LogP contribution is -2.29. The van der Waals surface area contributed by atoms with Gasteiger partial charge >= 0.3 is 5.97 Å². The molecule has 76 valence electrons. The van der Waals surface area contributed by atoms with Crippen molar-refractivity contribution in [2.75, 3.05) is 26.4 Å². The third-order valence-electron chi connectivity index (χ3n) is 1.86. The molecule has 1 aliphatic rings. The Bertz CT molecular complexity index is 152.